The van der Waals surface area contributed by atoms with Gasteiger partial charge in [0.25, 0.3) is 5.91 Å². The number of thiocarbonyl (C=S) groups is 1. The van der Waals surface area contributed by atoms with E-state index in [1.165, 1.54) is 23.8 Å². The summed E-state index contributed by atoms with van der Waals surface area (Å²) in [5, 5.41) is 5.40. The van der Waals surface area contributed by atoms with Crippen LogP contribution in [0, 0.1) is 5.82 Å². The number of benzene rings is 3. The van der Waals surface area contributed by atoms with Crippen molar-refractivity contribution in [1.29, 1.82) is 0 Å². The zero-order valence-corrected chi connectivity index (χ0v) is 18.8. The van der Waals surface area contributed by atoms with Crippen LogP contribution in [0.2, 0.25) is 5.02 Å². The van der Waals surface area contributed by atoms with E-state index >= 15 is 0 Å². The van der Waals surface area contributed by atoms with Crippen LogP contribution in [0.3, 0.4) is 0 Å². The highest BCUT2D eigenvalue weighted by Crippen LogP contribution is 2.26. The zero-order chi connectivity index (χ0) is 21.5. The van der Waals surface area contributed by atoms with Gasteiger partial charge in [-0.2, -0.15) is 0 Å². The Labute approximate surface area is 192 Å². The van der Waals surface area contributed by atoms with Gasteiger partial charge in [0.05, 0.1) is 16.1 Å². The minimum atomic E-state index is -0.534. The number of carbonyl (C=O) groups excluding carboxylic acids is 1. The van der Waals surface area contributed by atoms with Crippen LogP contribution in [-0.2, 0) is 6.42 Å². The lowest BCUT2D eigenvalue weighted by Crippen LogP contribution is -2.34. The molecule has 0 fully saturated rings. The molecule has 1 amide bonds. The molecular formula is C22H17BrClFN2O2S. The van der Waals surface area contributed by atoms with Gasteiger partial charge in [0.2, 0.25) is 0 Å². The Hall–Kier alpha value is -2.48. The van der Waals surface area contributed by atoms with Gasteiger partial charge in [-0.05, 0) is 70.1 Å². The van der Waals surface area contributed by atoms with Gasteiger partial charge in [0.1, 0.15) is 11.6 Å². The Kier molecular flexibility index (Phi) is 7.79. The SMILES string of the molecule is O=C(NC(=S)Nc1ccc(F)c(Cl)c1)c1ccc(OCCc2ccccc2)c(Br)c1. The second-order valence-corrected chi connectivity index (χ2v) is 7.94. The van der Waals surface area contributed by atoms with Crippen molar-refractivity contribution in [1.82, 2.24) is 5.32 Å². The summed E-state index contributed by atoms with van der Waals surface area (Å²) in [6, 6.07) is 19.1. The molecule has 3 aromatic carbocycles. The second-order valence-electron chi connectivity index (χ2n) is 6.27. The molecule has 0 bridgehead atoms. The van der Waals surface area contributed by atoms with Gasteiger partial charge in [-0.15, -0.1) is 0 Å². The van der Waals surface area contributed by atoms with E-state index < -0.39 is 11.7 Å². The summed E-state index contributed by atoms with van der Waals surface area (Å²) in [6.07, 6.45) is 0.781. The summed E-state index contributed by atoms with van der Waals surface area (Å²) in [7, 11) is 0. The minimum absolute atomic E-state index is 0.0408. The molecule has 4 nitrogen and oxygen atoms in total. The first kappa shape index (κ1) is 22.2. The van der Waals surface area contributed by atoms with E-state index in [0.717, 1.165) is 6.42 Å². The number of halogens is 3. The van der Waals surface area contributed by atoms with Crippen molar-refractivity contribution in [2.45, 2.75) is 6.42 Å². The van der Waals surface area contributed by atoms with Crippen LogP contribution >= 0.6 is 39.7 Å². The van der Waals surface area contributed by atoms with Crippen LogP contribution in [0.4, 0.5) is 10.1 Å². The number of amides is 1. The Morgan fingerprint density at radius 1 is 1.10 bits per heavy atom. The molecule has 0 heterocycles. The maximum absolute atomic E-state index is 13.2. The quantitative estimate of drug-likeness (QED) is 0.402. The average molecular weight is 508 g/mol. The standard InChI is InChI=1S/C22H17BrClFN2O2S/c23-17-12-15(6-9-20(17)29-11-10-14-4-2-1-3-5-14)21(28)27-22(30)26-16-7-8-19(25)18(24)13-16/h1-9,12-13H,10-11H2,(H2,26,27,28,30). The fraction of sp³-hybridized carbons (Fsp3) is 0.0909. The topological polar surface area (TPSA) is 50.4 Å². The van der Waals surface area contributed by atoms with Gasteiger partial charge in [0, 0.05) is 17.7 Å². The molecular weight excluding hydrogens is 491 g/mol. The lowest BCUT2D eigenvalue weighted by atomic mass is 10.2. The highest BCUT2D eigenvalue weighted by atomic mass is 79.9. The zero-order valence-electron chi connectivity index (χ0n) is 15.6. The molecule has 154 valence electrons. The Morgan fingerprint density at radius 3 is 2.57 bits per heavy atom. The van der Waals surface area contributed by atoms with Gasteiger partial charge < -0.3 is 10.1 Å². The van der Waals surface area contributed by atoms with Crippen molar-refractivity contribution in [3.05, 3.63) is 93.2 Å². The monoisotopic (exact) mass is 506 g/mol. The second kappa shape index (κ2) is 10.5. The molecule has 0 atom stereocenters. The van der Waals surface area contributed by atoms with Crippen molar-refractivity contribution < 1.29 is 13.9 Å². The number of ether oxygens (including phenoxy) is 1. The van der Waals surface area contributed by atoms with Crippen LogP contribution in [0.1, 0.15) is 15.9 Å². The number of hydrogen-bond acceptors (Lipinski definition) is 3. The third kappa shape index (κ3) is 6.26. The van der Waals surface area contributed by atoms with Crippen LogP contribution in [0.5, 0.6) is 5.75 Å². The van der Waals surface area contributed by atoms with Crippen molar-refractivity contribution in [2.24, 2.45) is 0 Å². The molecule has 0 aliphatic rings. The Bertz CT molecular complexity index is 1070. The molecule has 0 aromatic heterocycles. The minimum Gasteiger partial charge on any atom is -0.492 e. The van der Waals surface area contributed by atoms with E-state index in [2.05, 4.69) is 26.6 Å². The summed E-state index contributed by atoms with van der Waals surface area (Å²) in [6.45, 7) is 0.516. The molecule has 30 heavy (non-hydrogen) atoms. The predicted octanol–water partition coefficient (Wildman–Crippen LogP) is 5.99. The summed E-state index contributed by atoms with van der Waals surface area (Å²) in [5.41, 5.74) is 2.06. The maximum atomic E-state index is 13.2. The van der Waals surface area contributed by atoms with Crippen LogP contribution < -0.4 is 15.4 Å². The molecule has 0 saturated heterocycles. The number of carbonyl (C=O) groups is 1. The van der Waals surface area contributed by atoms with E-state index in [1.807, 2.05) is 30.3 Å². The normalized spacial score (nSPS) is 10.4. The summed E-state index contributed by atoms with van der Waals surface area (Å²) < 4.78 is 19.7. The Morgan fingerprint density at radius 2 is 1.87 bits per heavy atom. The van der Waals surface area contributed by atoms with Crippen molar-refractivity contribution in [3.8, 4) is 5.75 Å². The summed E-state index contributed by atoms with van der Waals surface area (Å²) in [5.74, 6) is -0.283. The molecule has 0 saturated carbocycles. The van der Waals surface area contributed by atoms with E-state index in [9.17, 15) is 9.18 Å². The van der Waals surface area contributed by atoms with Crippen LogP contribution in [0.15, 0.2) is 71.2 Å². The molecule has 0 aliphatic heterocycles. The fourth-order valence-electron chi connectivity index (χ4n) is 2.59. The molecule has 0 unspecified atom stereocenters. The number of hydrogen-bond donors (Lipinski definition) is 2. The van der Waals surface area contributed by atoms with E-state index in [0.29, 0.717) is 28.1 Å². The molecule has 3 rings (SSSR count). The van der Waals surface area contributed by atoms with E-state index in [4.69, 9.17) is 28.6 Å². The largest absolute Gasteiger partial charge is 0.492 e. The third-order valence-electron chi connectivity index (χ3n) is 4.09. The van der Waals surface area contributed by atoms with Gasteiger partial charge in [0.15, 0.2) is 5.11 Å². The molecule has 0 spiro atoms. The summed E-state index contributed by atoms with van der Waals surface area (Å²) >= 11 is 14.3. The first-order chi connectivity index (χ1) is 14.4. The molecule has 3 aromatic rings. The highest BCUT2D eigenvalue weighted by Gasteiger charge is 2.12. The smallest absolute Gasteiger partial charge is 0.257 e. The van der Waals surface area contributed by atoms with Crippen LogP contribution in [-0.4, -0.2) is 17.6 Å². The fourth-order valence-corrected chi connectivity index (χ4v) is 3.48. The Balaban J connectivity index is 1.54. The van der Waals surface area contributed by atoms with Gasteiger partial charge in [-0.1, -0.05) is 41.9 Å². The molecule has 0 radical (unpaired) electrons. The number of anilines is 1. The lowest BCUT2D eigenvalue weighted by molar-refractivity contribution is 0.0977. The molecule has 2 N–H and O–H groups in total. The first-order valence-corrected chi connectivity index (χ1v) is 10.5. The van der Waals surface area contributed by atoms with Crippen LogP contribution in [0.25, 0.3) is 0 Å². The van der Waals surface area contributed by atoms with E-state index in [1.54, 1.807) is 18.2 Å². The third-order valence-corrected chi connectivity index (χ3v) is 5.20. The first-order valence-electron chi connectivity index (χ1n) is 8.96. The predicted molar refractivity (Wildman–Crippen MR) is 125 cm³/mol. The summed E-state index contributed by atoms with van der Waals surface area (Å²) in [4.78, 5) is 12.4. The lowest BCUT2D eigenvalue weighted by Gasteiger charge is -2.12. The average Bonchev–Trinajstić information content (AvgIpc) is 2.72. The van der Waals surface area contributed by atoms with Crippen molar-refractivity contribution in [2.75, 3.05) is 11.9 Å². The van der Waals surface area contributed by atoms with Crippen molar-refractivity contribution in [3.63, 3.8) is 0 Å². The molecule has 8 heteroatoms. The maximum Gasteiger partial charge on any atom is 0.257 e. The van der Waals surface area contributed by atoms with Gasteiger partial charge >= 0.3 is 0 Å². The van der Waals surface area contributed by atoms with Gasteiger partial charge in [-0.3, -0.25) is 10.1 Å². The highest BCUT2D eigenvalue weighted by molar-refractivity contribution is 9.10. The van der Waals surface area contributed by atoms with Crippen molar-refractivity contribution >= 4 is 56.5 Å². The number of nitrogens with one attached hydrogen (secondary N) is 2. The van der Waals surface area contributed by atoms with Gasteiger partial charge in [-0.25, -0.2) is 4.39 Å². The molecule has 0 aliphatic carbocycles. The van der Waals surface area contributed by atoms with E-state index in [-0.39, 0.29) is 10.1 Å². The number of rotatable bonds is 6.